The fourth-order valence-corrected chi connectivity index (χ4v) is 3.74. The van der Waals surface area contributed by atoms with E-state index in [1.165, 1.54) is 62.3 Å². The van der Waals surface area contributed by atoms with E-state index >= 15 is 0 Å². The third-order valence-electron chi connectivity index (χ3n) is 4.38. The predicted octanol–water partition coefficient (Wildman–Crippen LogP) is 4.85. The molecule has 0 aliphatic carbocycles. The predicted molar refractivity (Wildman–Crippen MR) is 89.2 cm³/mol. The lowest BCUT2D eigenvalue weighted by molar-refractivity contribution is 0.318. The monoisotopic (exact) mass is 284 g/mol. The normalized spacial score (nSPS) is 18.2. The van der Waals surface area contributed by atoms with Crippen molar-refractivity contribution in [1.82, 2.24) is 5.32 Å². The quantitative estimate of drug-likeness (QED) is 0.612. The molecule has 1 aliphatic rings. The van der Waals surface area contributed by atoms with E-state index in [0.29, 0.717) is 5.41 Å². The van der Waals surface area contributed by atoms with Gasteiger partial charge in [0.25, 0.3) is 0 Å². The summed E-state index contributed by atoms with van der Waals surface area (Å²) in [4.78, 5) is 4.74. The molecule has 0 aromatic heterocycles. The summed E-state index contributed by atoms with van der Waals surface area (Å²) in [5.74, 6) is 1.24. The zero-order valence-corrected chi connectivity index (χ0v) is 14.0. The number of nitrogens with one attached hydrogen (secondary N) is 1. The first-order chi connectivity index (χ1) is 9.26. The van der Waals surface area contributed by atoms with E-state index in [9.17, 15) is 0 Å². The number of unbranched alkanes of at least 4 members (excludes halogenated alkanes) is 5. The lowest BCUT2D eigenvalue weighted by Gasteiger charge is -2.33. The molecule has 0 spiro atoms. The number of hydrogen-bond donors (Lipinski definition) is 1. The Balaban J connectivity index is 2.10. The van der Waals surface area contributed by atoms with Gasteiger partial charge in [0.1, 0.15) is 0 Å². The maximum Gasteiger partial charge on any atom is 0.156 e. The van der Waals surface area contributed by atoms with Gasteiger partial charge in [-0.1, -0.05) is 64.6 Å². The van der Waals surface area contributed by atoms with E-state index in [1.807, 2.05) is 11.8 Å². The highest BCUT2D eigenvalue weighted by atomic mass is 32.2. The van der Waals surface area contributed by atoms with Crippen LogP contribution in [0.15, 0.2) is 4.99 Å². The Morgan fingerprint density at radius 3 is 2.32 bits per heavy atom. The SMILES string of the molecule is CCCCCCCCNC1=NCC(CC)(CC)CS1. The van der Waals surface area contributed by atoms with Crippen LogP contribution in [-0.2, 0) is 0 Å². The van der Waals surface area contributed by atoms with Gasteiger partial charge in [-0.15, -0.1) is 0 Å². The standard InChI is InChI=1S/C16H32N2S/c1-4-7-8-9-10-11-12-17-15-18-13-16(5-2,6-3)14-19-15/h4-14H2,1-3H3,(H,17,18). The minimum atomic E-state index is 0.468. The molecule has 0 bridgehead atoms. The van der Waals surface area contributed by atoms with Gasteiger partial charge in [0.05, 0.1) is 0 Å². The van der Waals surface area contributed by atoms with Gasteiger partial charge in [-0.2, -0.15) is 0 Å². The van der Waals surface area contributed by atoms with Crippen LogP contribution in [0, 0.1) is 5.41 Å². The third-order valence-corrected chi connectivity index (χ3v) is 5.68. The maximum absolute atomic E-state index is 4.74. The molecule has 0 atom stereocenters. The molecule has 0 fully saturated rings. The maximum atomic E-state index is 4.74. The van der Waals surface area contributed by atoms with Crippen LogP contribution in [0.5, 0.6) is 0 Å². The van der Waals surface area contributed by atoms with E-state index in [-0.39, 0.29) is 0 Å². The van der Waals surface area contributed by atoms with Crippen LogP contribution < -0.4 is 5.32 Å². The van der Waals surface area contributed by atoms with E-state index in [0.717, 1.165) is 13.1 Å². The van der Waals surface area contributed by atoms with Crippen molar-refractivity contribution in [3.05, 3.63) is 0 Å². The second-order valence-corrected chi connectivity index (χ2v) is 6.78. The van der Waals surface area contributed by atoms with E-state index in [4.69, 9.17) is 4.99 Å². The molecule has 0 radical (unpaired) electrons. The molecule has 1 heterocycles. The third kappa shape index (κ3) is 6.20. The fourth-order valence-electron chi connectivity index (χ4n) is 2.44. The molecule has 0 unspecified atom stereocenters. The number of nitrogens with zero attached hydrogens (tertiary/aromatic N) is 1. The van der Waals surface area contributed by atoms with Gasteiger partial charge in [0, 0.05) is 18.8 Å². The van der Waals surface area contributed by atoms with Crippen molar-refractivity contribution in [3.63, 3.8) is 0 Å². The number of thioether (sulfide) groups is 1. The highest BCUT2D eigenvalue weighted by Crippen LogP contribution is 2.34. The highest BCUT2D eigenvalue weighted by molar-refractivity contribution is 8.13. The van der Waals surface area contributed by atoms with Crippen molar-refractivity contribution < 1.29 is 0 Å². The Morgan fingerprint density at radius 1 is 1.05 bits per heavy atom. The summed E-state index contributed by atoms with van der Waals surface area (Å²) in [5.41, 5.74) is 0.468. The summed E-state index contributed by atoms with van der Waals surface area (Å²) in [5, 5.41) is 4.70. The Labute approximate surface area is 124 Å². The summed E-state index contributed by atoms with van der Waals surface area (Å²) in [6, 6.07) is 0. The van der Waals surface area contributed by atoms with Crippen LogP contribution in [0.1, 0.15) is 72.1 Å². The molecule has 19 heavy (non-hydrogen) atoms. The summed E-state index contributed by atoms with van der Waals surface area (Å²) < 4.78 is 0. The van der Waals surface area contributed by atoms with E-state index < -0.39 is 0 Å². The Morgan fingerprint density at radius 2 is 1.74 bits per heavy atom. The molecule has 2 nitrogen and oxygen atoms in total. The molecule has 1 N–H and O–H groups in total. The van der Waals surface area contributed by atoms with Gasteiger partial charge in [0.15, 0.2) is 5.17 Å². The van der Waals surface area contributed by atoms with E-state index in [2.05, 4.69) is 26.1 Å². The van der Waals surface area contributed by atoms with Crippen molar-refractivity contribution in [2.45, 2.75) is 72.1 Å². The van der Waals surface area contributed by atoms with Crippen molar-refractivity contribution in [3.8, 4) is 0 Å². The van der Waals surface area contributed by atoms with Gasteiger partial charge in [0.2, 0.25) is 0 Å². The van der Waals surface area contributed by atoms with Crippen LogP contribution in [0.2, 0.25) is 0 Å². The van der Waals surface area contributed by atoms with Gasteiger partial charge in [-0.25, -0.2) is 0 Å². The average Bonchev–Trinajstić information content (AvgIpc) is 2.47. The molecule has 0 saturated carbocycles. The zero-order valence-electron chi connectivity index (χ0n) is 13.1. The molecule has 3 heteroatoms. The molecule has 0 aromatic rings. The molecular formula is C16H32N2S. The number of amidine groups is 1. The van der Waals surface area contributed by atoms with Crippen LogP contribution in [0.25, 0.3) is 0 Å². The minimum Gasteiger partial charge on any atom is -0.365 e. The van der Waals surface area contributed by atoms with Crippen LogP contribution in [0.4, 0.5) is 0 Å². The second-order valence-electron chi connectivity index (χ2n) is 5.81. The first-order valence-corrected chi connectivity index (χ1v) is 9.16. The lowest BCUT2D eigenvalue weighted by atomic mass is 9.84. The summed E-state index contributed by atoms with van der Waals surface area (Å²) in [6.07, 6.45) is 10.7. The van der Waals surface area contributed by atoms with Gasteiger partial charge in [-0.05, 0) is 24.7 Å². The van der Waals surface area contributed by atoms with Crippen molar-refractivity contribution >= 4 is 16.9 Å². The first-order valence-electron chi connectivity index (χ1n) is 8.17. The zero-order chi connectivity index (χ0) is 14.0. The van der Waals surface area contributed by atoms with Crippen LogP contribution >= 0.6 is 11.8 Å². The Hall–Kier alpha value is -0.180. The average molecular weight is 285 g/mol. The molecule has 0 saturated heterocycles. The molecular weight excluding hydrogens is 252 g/mol. The summed E-state index contributed by atoms with van der Waals surface area (Å²) in [7, 11) is 0. The van der Waals surface area contributed by atoms with Crippen molar-refractivity contribution in [2.24, 2.45) is 10.4 Å². The van der Waals surface area contributed by atoms with Gasteiger partial charge < -0.3 is 5.32 Å². The summed E-state index contributed by atoms with van der Waals surface area (Å²) >= 11 is 1.93. The van der Waals surface area contributed by atoms with E-state index in [1.54, 1.807) is 0 Å². The minimum absolute atomic E-state index is 0.468. The van der Waals surface area contributed by atoms with Crippen LogP contribution in [-0.4, -0.2) is 24.0 Å². The largest absolute Gasteiger partial charge is 0.365 e. The lowest BCUT2D eigenvalue weighted by Crippen LogP contribution is -2.34. The molecule has 0 amide bonds. The Bertz CT molecular complexity index is 259. The van der Waals surface area contributed by atoms with Gasteiger partial charge >= 0.3 is 0 Å². The summed E-state index contributed by atoms with van der Waals surface area (Å²) in [6.45, 7) is 8.99. The fraction of sp³-hybridized carbons (Fsp3) is 0.938. The van der Waals surface area contributed by atoms with Crippen LogP contribution in [0.3, 0.4) is 0 Å². The highest BCUT2D eigenvalue weighted by Gasteiger charge is 2.29. The molecule has 0 aromatic carbocycles. The second kappa shape index (κ2) is 9.68. The number of rotatable bonds is 9. The van der Waals surface area contributed by atoms with Crippen molar-refractivity contribution in [1.29, 1.82) is 0 Å². The van der Waals surface area contributed by atoms with Gasteiger partial charge in [-0.3, -0.25) is 4.99 Å². The topological polar surface area (TPSA) is 24.4 Å². The smallest absolute Gasteiger partial charge is 0.156 e. The number of hydrogen-bond acceptors (Lipinski definition) is 3. The first kappa shape index (κ1) is 16.9. The molecule has 1 rings (SSSR count). The van der Waals surface area contributed by atoms with Crippen molar-refractivity contribution in [2.75, 3.05) is 18.8 Å². The number of aliphatic imine (C=N–C) groups is 1. The molecule has 112 valence electrons. The Kier molecular flexibility index (Phi) is 8.60. The molecule has 1 aliphatic heterocycles.